The Bertz CT molecular complexity index is 440. The van der Waals surface area contributed by atoms with E-state index < -0.39 is 0 Å². The van der Waals surface area contributed by atoms with Crippen LogP contribution in [0.15, 0.2) is 24.3 Å². The van der Waals surface area contributed by atoms with E-state index in [9.17, 15) is 4.79 Å². The number of fused-ring (bicyclic) bond motifs is 2. The van der Waals surface area contributed by atoms with Gasteiger partial charge >= 0.3 is 0 Å². The quantitative estimate of drug-likeness (QED) is 0.828. The van der Waals surface area contributed by atoms with Crippen LogP contribution in [-0.2, 0) is 0 Å². The number of ketones is 1. The van der Waals surface area contributed by atoms with Crippen LogP contribution in [0.1, 0.15) is 36.5 Å². The van der Waals surface area contributed by atoms with Crippen LogP contribution in [-0.4, -0.2) is 24.5 Å². The molecular weight excluding hydrogens is 226 g/mol. The van der Waals surface area contributed by atoms with Crippen LogP contribution in [0.5, 0.6) is 5.75 Å². The molecule has 0 saturated carbocycles. The molecule has 3 atom stereocenters. The van der Waals surface area contributed by atoms with E-state index in [1.807, 2.05) is 31.2 Å². The Morgan fingerprint density at radius 1 is 1.33 bits per heavy atom. The first-order valence-electron chi connectivity index (χ1n) is 6.81. The molecule has 2 aliphatic rings. The van der Waals surface area contributed by atoms with Crippen molar-refractivity contribution in [2.75, 3.05) is 6.61 Å². The molecule has 2 aliphatic heterocycles. The van der Waals surface area contributed by atoms with E-state index in [4.69, 9.17) is 4.74 Å². The molecule has 96 valence electrons. The average molecular weight is 245 g/mol. The third kappa shape index (κ3) is 2.03. The van der Waals surface area contributed by atoms with Crippen LogP contribution in [0, 0.1) is 5.92 Å². The predicted molar refractivity (Wildman–Crippen MR) is 70.0 cm³/mol. The summed E-state index contributed by atoms with van der Waals surface area (Å²) in [6.07, 6.45) is 3.40. The maximum Gasteiger partial charge on any atom is 0.167 e. The monoisotopic (exact) mass is 245 g/mol. The minimum atomic E-state index is 0.182. The van der Waals surface area contributed by atoms with Crippen molar-refractivity contribution in [3.05, 3.63) is 29.8 Å². The summed E-state index contributed by atoms with van der Waals surface area (Å²) in [5.74, 6) is 1.31. The van der Waals surface area contributed by atoms with Gasteiger partial charge in [0.15, 0.2) is 5.78 Å². The number of hydrogen-bond donors (Lipinski definition) is 1. The standard InChI is InChI=1S/C15H19NO2/c1-2-18-12-6-3-10(4-7-12)15(17)13-9-11-5-8-14(13)16-11/h3-4,6-7,11,13-14,16H,2,5,8-9H2,1H3. The lowest BCUT2D eigenvalue weighted by molar-refractivity contribution is 0.0901. The number of ether oxygens (including phenoxy) is 1. The molecule has 3 heteroatoms. The number of benzene rings is 1. The topological polar surface area (TPSA) is 38.3 Å². The van der Waals surface area contributed by atoms with Gasteiger partial charge in [0, 0.05) is 23.6 Å². The molecule has 2 fully saturated rings. The molecule has 3 unspecified atom stereocenters. The van der Waals surface area contributed by atoms with E-state index >= 15 is 0 Å². The van der Waals surface area contributed by atoms with Crippen molar-refractivity contribution in [3.8, 4) is 5.75 Å². The summed E-state index contributed by atoms with van der Waals surface area (Å²) >= 11 is 0. The van der Waals surface area contributed by atoms with Crippen LogP contribution in [0.3, 0.4) is 0 Å². The normalized spacial score (nSPS) is 29.5. The molecule has 0 aliphatic carbocycles. The van der Waals surface area contributed by atoms with Crippen molar-refractivity contribution < 1.29 is 9.53 Å². The van der Waals surface area contributed by atoms with Crippen molar-refractivity contribution in [1.29, 1.82) is 0 Å². The van der Waals surface area contributed by atoms with Crippen LogP contribution >= 0.6 is 0 Å². The lowest BCUT2D eigenvalue weighted by Gasteiger charge is -2.18. The fraction of sp³-hybridized carbons (Fsp3) is 0.533. The molecule has 2 saturated heterocycles. The molecule has 1 aromatic carbocycles. The highest BCUT2D eigenvalue weighted by Crippen LogP contribution is 2.35. The fourth-order valence-electron chi connectivity index (χ4n) is 3.21. The van der Waals surface area contributed by atoms with Gasteiger partial charge in [0.05, 0.1) is 6.61 Å². The third-order valence-corrected chi connectivity index (χ3v) is 4.09. The van der Waals surface area contributed by atoms with E-state index in [-0.39, 0.29) is 11.7 Å². The Labute approximate surface area is 108 Å². The molecule has 3 nitrogen and oxygen atoms in total. The molecule has 18 heavy (non-hydrogen) atoms. The highest BCUT2D eigenvalue weighted by atomic mass is 16.5. The molecular formula is C15H19NO2. The first-order chi connectivity index (χ1) is 8.78. The molecule has 1 N–H and O–H groups in total. The number of Topliss-reactive ketones (excluding diaryl/α,β-unsaturated/α-hetero) is 1. The van der Waals surface area contributed by atoms with Gasteiger partial charge in [-0.25, -0.2) is 0 Å². The van der Waals surface area contributed by atoms with Gasteiger partial charge in [0.1, 0.15) is 5.75 Å². The van der Waals surface area contributed by atoms with Gasteiger partial charge < -0.3 is 10.1 Å². The van der Waals surface area contributed by atoms with E-state index in [1.54, 1.807) is 0 Å². The van der Waals surface area contributed by atoms with E-state index in [1.165, 1.54) is 6.42 Å². The first kappa shape index (κ1) is 11.7. The van der Waals surface area contributed by atoms with Crippen molar-refractivity contribution >= 4 is 5.78 Å². The van der Waals surface area contributed by atoms with Gasteiger partial charge in [0.25, 0.3) is 0 Å². The Kier molecular flexibility index (Phi) is 3.08. The minimum absolute atomic E-state index is 0.182. The average Bonchev–Trinajstić information content (AvgIpc) is 3.01. The van der Waals surface area contributed by atoms with Crippen molar-refractivity contribution in [2.24, 2.45) is 5.92 Å². The van der Waals surface area contributed by atoms with Crippen molar-refractivity contribution in [2.45, 2.75) is 38.3 Å². The molecule has 1 aromatic rings. The SMILES string of the molecule is CCOc1ccc(C(=O)C2CC3CCC2N3)cc1. The zero-order valence-corrected chi connectivity index (χ0v) is 10.7. The molecule has 2 bridgehead atoms. The number of carbonyl (C=O) groups is 1. The van der Waals surface area contributed by atoms with Gasteiger partial charge in [-0.3, -0.25) is 4.79 Å². The number of nitrogens with one attached hydrogen (secondary N) is 1. The van der Waals surface area contributed by atoms with Gasteiger partial charge in [-0.2, -0.15) is 0 Å². The van der Waals surface area contributed by atoms with Gasteiger partial charge in [-0.05, 0) is 50.5 Å². The Hall–Kier alpha value is -1.35. The molecule has 0 amide bonds. The Morgan fingerprint density at radius 2 is 2.11 bits per heavy atom. The zero-order chi connectivity index (χ0) is 12.5. The summed E-state index contributed by atoms with van der Waals surface area (Å²) in [5, 5.41) is 3.51. The molecule has 0 spiro atoms. The maximum absolute atomic E-state index is 12.4. The van der Waals surface area contributed by atoms with Crippen molar-refractivity contribution in [1.82, 2.24) is 5.32 Å². The van der Waals surface area contributed by atoms with E-state index in [0.29, 0.717) is 18.7 Å². The second kappa shape index (κ2) is 4.73. The van der Waals surface area contributed by atoms with Gasteiger partial charge in [-0.1, -0.05) is 0 Å². The lowest BCUT2D eigenvalue weighted by atomic mass is 9.84. The lowest BCUT2D eigenvalue weighted by Crippen LogP contribution is -2.28. The van der Waals surface area contributed by atoms with Crippen LogP contribution in [0.25, 0.3) is 0 Å². The molecule has 0 aromatic heterocycles. The predicted octanol–water partition coefficient (Wildman–Crippen LogP) is 2.41. The number of hydrogen-bond acceptors (Lipinski definition) is 3. The smallest absolute Gasteiger partial charge is 0.167 e. The summed E-state index contributed by atoms with van der Waals surface area (Å²) in [6, 6.07) is 8.54. The summed E-state index contributed by atoms with van der Waals surface area (Å²) < 4.78 is 5.39. The molecule has 0 radical (unpaired) electrons. The fourth-order valence-corrected chi connectivity index (χ4v) is 3.21. The Morgan fingerprint density at radius 3 is 2.67 bits per heavy atom. The summed E-state index contributed by atoms with van der Waals surface area (Å²) in [5.41, 5.74) is 0.817. The number of carbonyl (C=O) groups excluding carboxylic acids is 1. The second-order valence-corrected chi connectivity index (χ2v) is 5.21. The maximum atomic E-state index is 12.4. The third-order valence-electron chi connectivity index (χ3n) is 4.09. The Balaban J connectivity index is 1.72. The number of rotatable bonds is 4. The van der Waals surface area contributed by atoms with Crippen LogP contribution in [0.4, 0.5) is 0 Å². The highest BCUT2D eigenvalue weighted by Gasteiger charge is 2.42. The summed E-state index contributed by atoms with van der Waals surface area (Å²) in [6.45, 7) is 2.61. The second-order valence-electron chi connectivity index (χ2n) is 5.21. The molecule has 3 rings (SSSR count). The summed E-state index contributed by atoms with van der Waals surface area (Å²) in [4.78, 5) is 12.4. The van der Waals surface area contributed by atoms with E-state index in [0.717, 1.165) is 24.2 Å². The molecule has 2 heterocycles. The summed E-state index contributed by atoms with van der Waals surface area (Å²) in [7, 11) is 0. The van der Waals surface area contributed by atoms with Crippen molar-refractivity contribution in [3.63, 3.8) is 0 Å². The van der Waals surface area contributed by atoms with Gasteiger partial charge in [-0.15, -0.1) is 0 Å². The van der Waals surface area contributed by atoms with Gasteiger partial charge in [0.2, 0.25) is 0 Å². The van der Waals surface area contributed by atoms with E-state index in [2.05, 4.69) is 5.32 Å². The van der Waals surface area contributed by atoms with Crippen LogP contribution in [0.2, 0.25) is 0 Å². The van der Waals surface area contributed by atoms with Crippen LogP contribution < -0.4 is 10.1 Å². The minimum Gasteiger partial charge on any atom is -0.494 e. The zero-order valence-electron chi connectivity index (χ0n) is 10.7. The largest absolute Gasteiger partial charge is 0.494 e. The highest BCUT2D eigenvalue weighted by molar-refractivity contribution is 5.98. The first-order valence-corrected chi connectivity index (χ1v) is 6.81.